The summed E-state index contributed by atoms with van der Waals surface area (Å²) in [5.41, 5.74) is 0.898. The van der Waals surface area contributed by atoms with Gasteiger partial charge < -0.3 is 5.11 Å². The molecule has 2 N–H and O–H groups in total. The van der Waals surface area contributed by atoms with Gasteiger partial charge in [0.1, 0.15) is 6.04 Å². The monoisotopic (exact) mass is 296 g/mol. The largest absolute Gasteiger partial charge is 0.480 e. The highest BCUT2D eigenvalue weighted by atomic mass is 32.2. The summed E-state index contributed by atoms with van der Waals surface area (Å²) in [5.74, 6) is -1.62. The van der Waals surface area contributed by atoms with E-state index in [1.165, 1.54) is 18.2 Å². The van der Waals surface area contributed by atoms with Crippen molar-refractivity contribution in [3.8, 4) is 6.07 Å². The number of benzene rings is 1. The highest BCUT2D eigenvalue weighted by molar-refractivity contribution is 7.89. The van der Waals surface area contributed by atoms with Crippen LogP contribution in [-0.2, 0) is 14.8 Å². The predicted octanol–water partition coefficient (Wildman–Crippen LogP) is 1.25. The van der Waals surface area contributed by atoms with E-state index in [0.717, 1.165) is 0 Å². The fourth-order valence-corrected chi connectivity index (χ4v) is 3.06. The third-order valence-electron chi connectivity index (χ3n) is 2.84. The molecule has 1 aromatic rings. The lowest BCUT2D eigenvalue weighted by atomic mass is 10.1. The third kappa shape index (κ3) is 3.56. The van der Waals surface area contributed by atoms with Crippen molar-refractivity contribution in [2.24, 2.45) is 5.92 Å². The number of nitriles is 1. The molecule has 0 unspecified atom stereocenters. The highest BCUT2D eigenvalue weighted by Crippen LogP contribution is 2.16. The Morgan fingerprint density at radius 3 is 2.40 bits per heavy atom. The number of sulfonamides is 1. The van der Waals surface area contributed by atoms with Crippen molar-refractivity contribution in [1.82, 2.24) is 4.72 Å². The summed E-state index contributed by atoms with van der Waals surface area (Å²) >= 11 is 0. The van der Waals surface area contributed by atoms with Gasteiger partial charge in [-0.3, -0.25) is 4.79 Å². The first-order valence-electron chi connectivity index (χ1n) is 5.95. The van der Waals surface area contributed by atoms with E-state index in [4.69, 9.17) is 10.4 Å². The van der Waals surface area contributed by atoms with Gasteiger partial charge in [-0.25, -0.2) is 8.42 Å². The van der Waals surface area contributed by atoms with Crippen LogP contribution in [0.4, 0.5) is 0 Å². The lowest BCUT2D eigenvalue weighted by molar-refractivity contribution is -0.140. The van der Waals surface area contributed by atoms with Crippen molar-refractivity contribution >= 4 is 16.0 Å². The highest BCUT2D eigenvalue weighted by Gasteiger charge is 2.28. The number of carboxylic acids is 1. The Morgan fingerprint density at radius 2 is 2.00 bits per heavy atom. The molecule has 6 nitrogen and oxygen atoms in total. The second-order valence-electron chi connectivity index (χ2n) is 4.77. The number of hydrogen-bond donors (Lipinski definition) is 2. The van der Waals surface area contributed by atoms with Crippen LogP contribution < -0.4 is 4.72 Å². The summed E-state index contributed by atoms with van der Waals surface area (Å²) in [7, 11) is -3.94. The molecule has 1 atom stereocenters. The number of carbonyl (C=O) groups is 1. The lowest BCUT2D eigenvalue weighted by Gasteiger charge is -2.18. The van der Waals surface area contributed by atoms with Crippen LogP contribution in [0.3, 0.4) is 0 Å². The van der Waals surface area contributed by atoms with Crippen molar-refractivity contribution < 1.29 is 18.3 Å². The first kappa shape index (κ1) is 16.1. The molecular formula is C13H16N2O4S. The van der Waals surface area contributed by atoms with Crippen molar-refractivity contribution in [2.45, 2.75) is 31.7 Å². The Labute approximate surface area is 118 Å². The fourth-order valence-electron chi connectivity index (χ4n) is 1.64. The zero-order chi connectivity index (χ0) is 15.5. The molecule has 0 radical (unpaired) electrons. The summed E-state index contributed by atoms with van der Waals surface area (Å²) in [6.45, 7) is 4.85. The average molecular weight is 296 g/mol. The Morgan fingerprint density at radius 1 is 1.40 bits per heavy atom. The van der Waals surface area contributed by atoms with Gasteiger partial charge in [0.05, 0.1) is 16.5 Å². The van der Waals surface area contributed by atoms with E-state index in [9.17, 15) is 13.2 Å². The van der Waals surface area contributed by atoms with E-state index in [1.54, 1.807) is 20.8 Å². The van der Waals surface area contributed by atoms with Gasteiger partial charge in [-0.1, -0.05) is 13.8 Å². The molecule has 0 aliphatic carbocycles. The van der Waals surface area contributed by atoms with Gasteiger partial charge in [-0.2, -0.15) is 9.98 Å². The summed E-state index contributed by atoms with van der Waals surface area (Å²) in [6, 6.07) is 4.77. The Balaban J connectivity index is 3.15. The minimum atomic E-state index is -3.94. The predicted molar refractivity (Wildman–Crippen MR) is 72.5 cm³/mol. The maximum Gasteiger partial charge on any atom is 0.322 e. The van der Waals surface area contributed by atoms with E-state index < -0.39 is 22.0 Å². The van der Waals surface area contributed by atoms with Gasteiger partial charge in [0.2, 0.25) is 10.0 Å². The Kier molecular flexibility index (Phi) is 4.87. The van der Waals surface area contributed by atoms with E-state index in [1.807, 2.05) is 6.07 Å². The quantitative estimate of drug-likeness (QED) is 0.850. The van der Waals surface area contributed by atoms with E-state index in [0.29, 0.717) is 11.1 Å². The molecule has 1 rings (SSSR count). The molecule has 0 bridgehead atoms. The molecule has 0 heterocycles. The molecule has 0 amide bonds. The average Bonchev–Trinajstić information content (AvgIpc) is 2.35. The number of carboxylic acid groups (broad SMARTS) is 1. The molecule has 20 heavy (non-hydrogen) atoms. The summed E-state index contributed by atoms with van der Waals surface area (Å²) in [4.78, 5) is 11.0. The number of hydrogen-bond acceptors (Lipinski definition) is 4. The first-order chi connectivity index (χ1) is 9.19. The minimum Gasteiger partial charge on any atom is -0.480 e. The standard InChI is InChI=1S/C13H16N2O4S/c1-8(2)12(13(16)17)15-20(18,19)11-5-4-10(7-14)9(3)6-11/h4-6,8,12,15H,1-3H3,(H,16,17)/t12-/m1/s1. The molecule has 0 spiro atoms. The van der Waals surface area contributed by atoms with Crippen molar-refractivity contribution in [3.63, 3.8) is 0 Å². The maximum absolute atomic E-state index is 12.1. The van der Waals surface area contributed by atoms with Crippen molar-refractivity contribution in [1.29, 1.82) is 5.26 Å². The molecule has 0 saturated carbocycles. The number of aryl methyl sites for hydroxylation is 1. The van der Waals surface area contributed by atoms with E-state index in [2.05, 4.69) is 4.72 Å². The number of nitrogens with one attached hydrogen (secondary N) is 1. The molecule has 0 aromatic heterocycles. The summed E-state index contributed by atoms with van der Waals surface area (Å²) in [6.07, 6.45) is 0. The number of rotatable bonds is 5. The molecule has 108 valence electrons. The summed E-state index contributed by atoms with van der Waals surface area (Å²) in [5, 5.41) is 17.8. The van der Waals surface area contributed by atoms with Gasteiger partial charge in [0, 0.05) is 0 Å². The van der Waals surface area contributed by atoms with Crippen molar-refractivity contribution in [2.75, 3.05) is 0 Å². The molecule has 0 fully saturated rings. The smallest absolute Gasteiger partial charge is 0.322 e. The van der Waals surface area contributed by atoms with Gasteiger partial charge in [-0.05, 0) is 36.6 Å². The van der Waals surface area contributed by atoms with Crippen molar-refractivity contribution in [3.05, 3.63) is 29.3 Å². The van der Waals surface area contributed by atoms with Crippen LogP contribution in [0.1, 0.15) is 25.0 Å². The first-order valence-corrected chi connectivity index (χ1v) is 7.43. The number of nitrogens with zero attached hydrogens (tertiary/aromatic N) is 1. The van der Waals surface area contributed by atoms with E-state index in [-0.39, 0.29) is 10.8 Å². The SMILES string of the molecule is Cc1cc(S(=O)(=O)N[C@@H](C(=O)O)C(C)C)ccc1C#N. The molecule has 0 aliphatic rings. The maximum atomic E-state index is 12.1. The molecule has 1 aromatic carbocycles. The third-order valence-corrected chi connectivity index (χ3v) is 4.28. The minimum absolute atomic E-state index is 0.0547. The van der Waals surface area contributed by atoms with Crippen LogP contribution in [0.5, 0.6) is 0 Å². The Bertz CT molecular complexity index is 659. The molecular weight excluding hydrogens is 280 g/mol. The second-order valence-corrected chi connectivity index (χ2v) is 6.48. The van der Waals surface area contributed by atoms with Gasteiger partial charge in [0.15, 0.2) is 0 Å². The van der Waals surface area contributed by atoms with Crippen LogP contribution in [0.25, 0.3) is 0 Å². The second kappa shape index (κ2) is 6.03. The topological polar surface area (TPSA) is 107 Å². The van der Waals surface area contributed by atoms with Gasteiger partial charge >= 0.3 is 5.97 Å². The number of aliphatic carboxylic acids is 1. The fraction of sp³-hybridized carbons (Fsp3) is 0.385. The Hall–Kier alpha value is -1.91. The molecule has 0 saturated heterocycles. The van der Waals surface area contributed by atoms with Crippen LogP contribution in [0, 0.1) is 24.2 Å². The van der Waals surface area contributed by atoms with Crippen LogP contribution in [-0.4, -0.2) is 25.5 Å². The van der Waals surface area contributed by atoms with Crippen LogP contribution >= 0.6 is 0 Å². The van der Waals surface area contributed by atoms with Gasteiger partial charge in [-0.15, -0.1) is 0 Å². The molecule has 7 heteroatoms. The molecule has 0 aliphatic heterocycles. The normalized spacial score (nSPS) is 12.9. The van der Waals surface area contributed by atoms with E-state index >= 15 is 0 Å². The zero-order valence-electron chi connectivity index (χ0n) is 11.4. The van der Waals surface area contributed by atoms with Gasteiger partial charge in [0.25, 0.3) is 0 Å². The summed E-state index contributed by atoms with van der Waals surface area (Å²) < 4.78 is 26.5. The zero-order valence-corrected chi connectivity index (χ0v) is 12.2. The van der Waals surface area contributed by atoms with Crippen LogP contribution in [0.2, 0.25) is 0 Å². The van der Waals surface area contributed by atoms with Crippen LogP contribution in [0.15, 0.2) is 23.1 Å². The lowest BCUT2D eigenvalue weighted by Crippen LogP contribution is -2.44.